The Kier molecular flexibility index (Phi) is 6.57. The van der Waals surface area contributed by atoms with Crippen LogP contribution in [0.3, 0.4) is 0 Å². The molecule has 0 aromatic heterocycles. The van der Waals surface area contributed by atoms with Crippen LogP contribution in [0, 0.1) is 14.3 Å². The van der Waals surface area contributed by atoms with Crippen molar-refractivity contribution in [2.75, 3.05) is 0 Å². The predicted molar refractivity (Wildman–Crippen MR) is 159 cm³/mol. The summed E-state index contributed by atoms with van der Waals surface area (Å²) in [5, 5.41) is 21.3. The van der Waals surface area contributed by atoms with Gasteiger partial charge in [-0.05, 0) is 102 Å². The molecule has 0 radical (unpaired) electrons. The summed E-state index contributed by atoms with van der Waals surface area (Å²) in [5.74, 6) is -0.164. The van der Waals surface area contributed by atoms with Crippen LogP contribution in [0.15, 0.2) is 12.1 Å². The fourth-order valence-electron chi connectivity index (χ4n) is 3.98. The maximum absolute atomic E-state index is 13.3. The van der Waals surface area contributed by atoms with Gasteiger partial charge in [-0.2, -0.15) is 0 Å². The Balaban J connectivity index is 2.07. The van der Waals surface area contributed by atoms with Crippen molar-refractivity contribution in [3.05, 3.63) is 68.8 Å². The maximum atomic E-state index is 13.3. The number of benzene rings is 3. The molecule has 0 saturated carbocycles. The molecule has 0 unspecified atom stereocenters. The van der Waals surface area contributed by atoms with Crippen LogP contribution in [0.25, 0.3) is 0 Å². The van der Waals surface area contributed by atoms with Crippen molar-refractivity contribution in [2.45, 2.75) is 5.60 Å². The standard InChI is InChI=1S/C20H4Cl4I4O5/c21-11-7-10(12(22)14(24)13(11)23)20(33-19(7)31)8-5(1-3(25)17(29)15(8)27)32-6-2-4(26)18(30)16(28)9(6)20/h1-2,29-30H. The van der Waals surface area contributed by atoms with Gasteiger partial charge in [0.15, 0.2) is 5.60 Å². The first-order valence-corrected chi connectivity index (χ1v) is 14.5. The average molecular weight is 974 g/mol. The van der Waals surface area contributed by atoms with Crippen molar-refractivity contribution in [3.63, 3.8) is 0 Å². The van der Waals surface area contributed by atoms with Crippen molar-refractivity contribution in [2.24, 2.45) is 0 Å². The molecule has 3 aromatic carbocycles. The van der Waals surface area contributed by atoms with E-state index < -0.39 is 11.6 Å². The number of aromatic hydroxyl groups is 2. The number of hydrogen-bond acceptors (Lipinski definition) is 5. The number of esters is 1. The number of ether oxygens (including phenoxy) is 2. The zero-order valence-electron chi connectivity index (χ0n) is 15.3. The highest BCUT2D eigenvalue weighted by Crippen LogP contribution is 2.64. The van der Waals surface area contributed by atoms with Gasteiger partial charge in [-0.15, -0.1) is 0 Å². The van der Waals surface area contributed by atoms with Gasteiger partial charge in [-0.1, -0.05) is 46.4 Å². The molecule has 0 amide bonds. The molecule has 0 bridgehead atoms. The Hall–Kier alpha value is 0.610. The largest absolute Gasteiger partial charge is 0.506 e. The van der Waals surface area contributed by atoms with E-state index in [1.807, 2.05) is 90.4 Å². The second kappa shape index (κ2) is 8.58. The van der Waals surface area contributed by atoms with Gasteiger partial charge >= 0.3 is 5.97 Å². The summed E-state index contributed by atoms with van der Waals surface area (Å²) in [7, 11) is 0. The van der Waals surface area contributed by atoms with Gasteiger partial charge in [0, 0.05) is 5.56 Å². The van der Waals surface area contributed by atoms with Crippen LogP contribution in [-0.4, -0.2) is 16.2 Å². The van der Waals surface area contributed by atoms with Crippen molar-refractivity contribution in [1.29, 1.82) is 0 Å². The van der Waals surface area contributed by atoms with E-state index in [1.165, 1.54) is 0 Å². The van der Waals surface area contributed by atoms with Crippen molar-refractivity contribution in [1.82, 2.24) is 0 Å². The van der Waals surface area contributed by atoms with Crippen molar-refractivity contribution >= 4 is 143 Å². The van der Waals surface area contributed by atoms with Crippen LogP contribution in [0.2, 0.25) is 20.1 Å². The van der Waals surface area contributed by atoms with Gasteiger partial charge in [-0.3, -0.25) is 0 Å². The van der Waals surface area contributed by atoms with Crippen molar-refractivity contribution in [3.8, 4) is 23.0 Å². The smallest absolute Gasteiger partial charge is 0.341 e. The molecular formula is C20H4Cl4I4O5. The number of fused-ring (bicyclic) bond motifs is 6. The normalized spacial score (nSPS) is 15.1. The van der Waals surface area contributed by atoms with Crippen LogP contribution >= 0.6 is 137 Å². The first kappa shape index (κ1) is 25.3. The van der Waals surface area contributed by atoms with Gasteiger partial charge in [0.1, 0.15) is 23.0 Å². The highest BCUT2D eigenvalue weighted by atomic mass is 127. The van der Waals surface area contributed by atoms with Gasteiger partial charge in [0.05, 0.1) is 51.1 Å². The Morgan fingerprint density at radius 2 is 1.18 bits per heavy atom. The third-order valence-corrected chi connectivity index (χ3v) is 10.9. The molecule has 1 spiro atoms. The molecule has 0 aliphatic carbocycles. The van der Waals surface area contributed by atoms with Gasteiger partial charge in [0.25, 0.3) is 0 Å². The number of carbonyl (C=O) groups is 1. The molecule has 0 saturated heterocycles. The fourth-order valence-corrected chi connectivity index (χ4v) is 9.05. The molecular weight excluding hydrogens is 970 g/mol. The minimum atomic E-state index is -1.72. The van der Waals surface area contributed by atoms with Crippen LogP contribution in [0.4, 0.5) is 0 Å². The Morgan fingerprint density at radius 3 is 1.67 bits per heavy atom. The lowest BCUT2D eigenvalue weighted by atomic mass is 9.77. The van der Waals surface area contributed by atoms with Gasteiger partial charge in [-0.25, -0.2) is 4.79 Å². The molecule has 0 fully saturated rings. The first-order chi connectivity index (χ1) is 15.4. The molecule has 170 valence electrons. The predicted octanol–water partition coefficient (Wildman–Crippen LogP) is 8.70. The molecule has 2 N–H and O–H groups in total. The summed E-state index contributed by atoms with van der Waals surface area (Å²) in [6.45, 7) is 0. The molecule has 5 rings (SSSR count). The van der Waals surface area contributed by atoms with E-state index in [4.69, 9.17) is 55.9 Å². The Morgan fingerprint density at radius 1 is 0.727 bits per heavy atom. The summed E-state index contributed by atoms with van der Waals surface area (Å²) in [4.78, 5) is 13.3. The van der Waals surface area contributed by atoms with Crippen LogP contribution in [0.5, 0.6) is 23.0 Å². The second-order valence-electron chi connectivity index (χ2n) is 6.97. The highest BCUT2D eigenvalue weighted by molar-refractivity contribution is 14.1. The number of phenols is 2. The molecule has 0 atom stereocenters. The molecule has 2 aliphatic rings. The minimum absolute atomic E-state index is 0.0297. The zero-order valence-corrected chi connectivity index (χ0v) is 27.0. The molecule has 2 aliphatic heterocycles. The van der Waals surface area contributed by atoms with Crippen LogP contribution in [0.1, 0.15) is 27.0 Å². The van der Waals surface area contributed by atoms with Crippen LogP contribution < -0.4 is 4.74 Å². The van der Waals surface area contributed by atoms with E-state index >= 15 is 0 Å². The van der Waals surface area contributed by atoms with Crippen molar-refractivity contribution < 1.29 is 24.5 Å². The third kappa shape index (κ3) is 3.34. The van der Waals surface area contributed by atoms with Crippen LogP contribution in [-0.2, 0) is 10.3 Å². The number of hydrogen-bond donors (Lipinski definition) is 2. The minimum Gasteiger partial charge on any atom is -0.506 e. The lowest BCUT2D eigenvalue weighted by Crippen LogP contribution is -2.35. The molecule has 33 heavy (non-hydrogen) atoms. The SMILES string of the molecule is O=C1OC2(c3c(cc(I)c(O)c3I)Oc3cc(I)c(O)c(I)c32)c2c(Cl)c(Cl)c(Cl)c(Cl)c21. The lowest BCUT2D eigenvalue weighted by Gasteiger charge is -2.38. The van der Waals surface area contributed by atoms with E-state index in [1.54, 1.807) is 12.1 Å². The number of halogens is 8. The number of rotatable bonds is 0. The zero-order chi connectivity index (χ0) is 24.1. The lowest BCUT2D eigenvalue weighted by molar-refractivity contribution is 0.0217. The molecule has 3 aromatic rings. The summed E-state index contributed by atoms with van der Waals surface area (Å²) in [5.41, 5.74) is -0.944. The van der Waals surface area contributed by atoms with Gasteiger partial charge in [0.2, 0.25) is 0 Å². The molecule has 13 heteroatoms. The Bertz CT molecular complexity index is 1400. The van der Waals surface area contributed by atoms with E-state index in [-0.39, 0.29) is 42.7 Å². The first-order valence-electron chi connectivity index (χ1n) is 8.63. The Labute approximate surface area is 261 Å². The van der Waals surface area contributed by atoms with E-state index in [2.05, 4.69) is 0 Å². The van der Waals surface area contributed by atoms with E-state index in [0.717, 1.165) is 0 Å². The van der Waals surface area contributed by atoms with E-state index in [0.29, 0.717) is 36.9 Å². The molecule has 2 heterocycles. The summed E-state index contributed by atoms with van der Waals surface area (Å²) >= 11 is 33.7. The van der Waals surface area contributed by atoms with E-state index in [9.17, 15) is 15.0 Å². The van der Waals surface area contributed by atoms with Gasteiger partial charge < -0.3 is 19.7 Å². The number of carbonyl (C=O) groups excluding carboxylic acids is 1. The summed E-state index contributed by atoms with van der Waals surface area (Å²) < 4.78 is 14.1. The third-order valence-electron chi connectivity index (χ3n) is 5.31. The second-order valence-corrected chi connectivity index (χ2v) is 13.0. The summed E-state index contributed by atoms with van der Waals surface area (Å²) in [6, 6.07) is 3.26. The number of phenolic OH excluding ortho intramolecular Hbond substituents is 2. The highest BCUT2D eigenvalue weighted by Gasteiger charge is 2.59. The quantitative estimate of drug-likeness (QED) is 0.102. The monoisotopic (exact) mass is 971 g/mol. The topological polar surface area (TPSA) is 76.0 Å². The fraction of sp³-hybridized carbons (Fsp3) is 0.0500. The molecule has 5 nitrogen and oxygen atoms in total. The maximum Gasteiger partial charge on any atom is 0.341 e. The summed E-state index contributed by atoms with van der Waals surface area (Å²) in [6.07, 6.45) is 0. The average Bonchev–Trinajstić information content (AvgIpc) is 3.05.